The molecule has 2 heteroatoms. The molecule has 0 saturated heterocycles. The summed E-state index contributed by atoms with van der Waals surface area (Å²) < 4.78 is 0. The van der Waals surface area contributed by atoms with Crippen LogP contribution in [0.15, 0.2) is 193 Å². The zero-order valence-electron chi connectivity index (χ0n) is 34.0. The van der Waals surface area contributed by atoms with Gasteiger partial charge in [-0.2, -0.15) is 0 Å². The summed E-state index contributed by atoms with van der Waals surface area (Å²) in [6.07, 6.45) is 19.6. The molecule has 0 N–H and O–H groups in total. The lowest BCUT2D eigenvalue weighted by atomic mass is 9.73. The van der Waals surface area contributed by atoms with Crippen LogP contribution in [0, 0.1) is 5.92 Å². The number of rotatable bonds is 8. The van der Waals surface area contributed by atoms with Gasteiger partial charge in [0.1, 0.15) is 0 Å². The Morgan fingerprint density at radius 1 is 0.517 bits per heavy atom. The largest absolute Gasteiger partial charge is 0.311 e. The van der Waals surface area contributed by atoms with Crippen LogP contribution in [0.3, 0.4) is 0 Å². The maximum atomic E-state index is 2.47. The predicted molar refractivity (Wildman–Crippen MR) is 246 cm³/mol. The average molecular weight is 751 g/mol. The minimum Gasteiger partial charge on any atom is -0.311 e. The Hall–Kier alpha value is -6.38. The summed E-state index contributed by atoms with van der Waals surface area (Å²) in [5.74, 6) is 0.426. The van der Waals surface area contributed by atoms with Crippen molar-refractivity contribution >= 4 is 40.1 Å². The fourth-order valence-corrected chi connectivity index (χ4v) is 10.00. The molecule has 2 nitrogen and oxygen atoms in total. The van der Waals surface area contributed by atoms with Crippen molar-refractivity contribution in [1.29, 1.82) is 0 Å². The van der Waals surface area contributed by atoms with Gasteiger partial charge >= 0.3 is 0 Å². The van der Waals surface area contributed by atoms with Crippen LogP contribution in [0.5, 0.6) is 0 Å². The Labute approximate surface area is 344 Å². The van der Waals surface area contributed by atoms with Crippen LogP contribution in [-0.4, -0.2) is 0 Å². The summed E-state index contributed by atoms with van der Waals surface area (Å²) in [4.78, 5) is 4.79. The molecule has 284 valence electrons. The van der Waals surface area contributed by atoms with E-state index >= 15 is 0 Å². The molecule has 6 aromatic rings. The molecule has 1 atom stereocenters. The average Bonchev–Trinajstić information content (AvgIpc) is 3.63. The van der Waals surface area contributed by atoms with E-state index in [0.717, 1.165) is 30.6 Å². The van der Waals surface area contributed by atoms with Gasteiger partial charge in [-0.1, -0.05) is 149 Å². The quantitative estimate of drug-likeness (QED) is 0.153. The number of para-hydroxylation sites is 3. The van der Waals surface area contributed by atoms with Crippen LogP contribution < -0.4 is 9.80 Å². The fraction of sp³-hybridized carbons (Fsp3) is 0.179. The van der Waals surface area contributed by atoms with E-state index in [2.05, 4.69) is 226 Å². The van der Waals surface area contributed by atoms with E-state index in [1.165, 1.54) is 72.8 Å². The lowest BCUT2D eigenvalue weighted by molar-refractivity contribution is 0.410. The highest BCUT2D eigenvalue weighted by Crippen LogP contribution is 2.55. The second kappa shape index (κ2) is 14.2. The van der Waals surface area contributed by atoms with Crippen molar-refractivity contribution in [2.75, 3.05) is 9.80 Å². The van der Waals surface area contributed by atoms with Gasteiger partial charge in [0.15, 0.2) is 0 Å². The first-order valence-electron chi connectivity index (χ1n) is 20.9. The van der Waals surface area contributed by atoms with Crippen molar-refractivity contribution in [2.45, 2.75) is 57.8 Å². The van der Waals surface area contributed by atoms with Gasteiger partial charge in [0.25, 0.3) is 0 Å². The Morgan fingerprint density at radius 3 is 1.72 bits per heavy atom. The van der Waals surface area contributed by atoms with Crippen molar-refractivity contribution in [1.82, 2.24) is 0 Å². The maximum Gasteiger partial charge on any atom is 0.0465 e. The van der Waals surface area contributed by atoms with Crippen molar-refractivity contribution in [3.8, 4) is 11.1 Å². The molecule has 6 aromatic carbocycles. The van der Waals surface area contributed by atoms with Crippen LogP contribution >= 0.6 is 0 Å². The molecule has 4 aliphatic carbocycles. The summed E-state index contributed by atoms with van der Waals surface area (Å²) in [6, 6.07) is 53.4. The monoisotopic (exact) mass is 750 g/mol. The van der Waals surface area contributed by atoms with Crippen molar-refractivity contribution in [3.63, 3.8) is 0 Å². The van der Waals surface area contributed by atoms with E-state index in [4.69, 9.17) is 0 Å². The van der Waals surface area contributed by atoms with Crippen LogP contribution in [0.1, 0.15) is 74.8 Å². The number of anilines is 5. The number of allylic oxidation sites excluding steroid dienone is 8. The third-order valence-electron chi connectivity index (χ3n) is 13.1. The summed E-state index contributed by atoms with van der Waals surface area (Å²) in [6.45, 7) is 9.66. The van der Waals surface area contributed by atoms with Gasteiger partial charge in [-0.25, -0.2) is 0 Å². The van der Waals surface area contributed by atoms with Gasteiger partial charge in [0.2, 0.25) is 0 Å². The molecule has 1 unspecified atom stereocenters. The first-order chi connectivity index (χ1) is 28.3. The van der Waals surface area contributed by atoms with Crippen molar-refractivity contribution < 1.29 is 0 Å². The normalized spacial score (nSPS) is 18.1. The maximum absolute atomic E-state index is 2.47. The smallest absolute Gasteiger partial charge is 0.0465 e. The van der Waals surface area contributed by atoms with E-state index in [0.29, 0.717) is 5.92 Å². The summed E-state index contributed by atoms with van der Waals surface area (Å²) in [5.41, 5.74) is 19.4. The molecule has 0 spiro atoms. The molecule has 10 rings (SSSR count). The van der Waals surface area contributed by atoms with Gasteiger partial charge in [-0.05, 0) is 147 Å². The summed E-state index contributed by atoms with van der Waals surface area (Å²) >= 11 is 0. The Kier molecular flexibility index (Phi) is 8.82. The number of benzene rings is 6. The molecule has 0 bridgehead atoms. The van der Waals surface area contributed by atoms with Gasteiger partial charge in [0.05, 0.1) is 0 Å². The van der Waals surface area contributed by atoms with Gasteiger partial charge in [-0.15, -0.1) is 0 Å². The molecule has 4 aliphatic rings. The molecule has 0 saturated carbocycles. The third-order valence-corrected chi connectivity index (χ3v) is 13.1. The fourth-order valence-electron chi connectivity index (χ4n) is 10.00. The van der Waals surface area contributed by atoms with E-state index in [1.54, 1.807) is 0 Å². The minimum absolute atomic E-state index is 0.00247. The molecule has 0 aromatic heterocycles. The standard InChI is InChI=1S/C56H50N2/c1-55(2)51-35-39(27-31-47(51)49-33-29-45(37-53(49)55)57(41-17-9-5-10-18-41)42-19-11-6-12-20-42)25-26-40-28-32-48-50-34-30-46(38-54(50)56(3,4)52(48)36-40)58(43-21-13-7-14-22-43)44-23-15-8-16-24-44/h5-7,9-15,17-35,37-38,52H,8,16,36H2,1-4H3/b26-25+. The Bertz CT molecular complexity index is 2650. The Balaban J connectivity index is 0.919. The predicted octanol–water partition coefficient (Wildman–Crippen LogP) is 15.2. The number of fused-ring (bicyclic) bond motifs is 6. The van der Waals surface area contributed by atoms with Gasteiger partial charge in [0, 0.05) is 39.5 Å². The molecule has 0 fully saturated rings. The minimum atomic E-state index is -0.135. The van der Waals surface area contributed by atoms with E-state index in [-0.39, 0.29) is 10.8 Å². The van der Waals surface area contributed by atoms with Crippen molar-refractivity contribution in [3.05, 3.63) is 221 Å². The van der Waals surface area contributed by atoms with Crippen LogP contribution in [0.25, 0.3) is 22.8 Å². The lowest BCUT2D eigenvalue weighted by Crippen LogP contribution is -2.25. The first kappa shape index (κ1) is 36.0. The highest BCUT2D eigenvalue weighted by molar-refractivity contribution is 5.87. The molecule has 0 aliphatic heterocycles. The molecule has 0 amide bonds. The molecule has 0 radical (unpaired) electrons. The van der Waals surface area contributed by atoms with Gasteiger partial charge in [-0.3, -0.25) is 0 Å². The van der Waals surface area contributed by atoms with Crippen LogP contribution in [0.2, 0.25) is 0 Å². The van der Waals surface area contributed by atoms with E-state index in [1.807, 2.05) is 0 Å². The zero-order valence-corrected chi connectivity index (χ0v) is 34.0. The lowest BCUT2D eigenvalue weighted by Gasteiger charge is -2.32. The molecular formula is C56H50N2. The van der Waals surface area contributed by atoms with E-state index in [9.17, 15) is 0 Å². The topological polar surface area (TPSA) is 6.48 Å². The van der Waals surface area contributed by atoms with Crippen molar-refractivity contribution in [2.24, 2.45) is 5.92 Å². The first-order valence-corrected chi connectivity index (χ1v) is 20.9. The summed E-state index contributed by atoms with van der Waals surface area (Å²) in [7, 11) is 0. The zero-order chi connectivity index (χ0) is 39.4. The third kappa shape index (κ3) is 6.10. The number of hydrogen-bond donors (Lipinski definition) is 0. The second-order valence-corrected chi connectivity index (χ2v) is 17.4. The number of nitrogens with zero attached hydrogens (tertiary/aromatic N) is 2. The van der Waals surface area contributed by atoms with E-state index < -0.39 is 0 Å². The molecule has 58 heavy (non-hydrogen) atoms. The molecular weight excluding hydrogens is 701 g/mol. The van der Waals surface area contributed by atoms with Crippen LogP contribution in [0.4, 0.5) is 28.4 Å². The highest BCUT2D eigenvalue weighted by Gasteiger charge is 2.44. The highest BCUT2D eigenvalue weighted by atomic mass is 15.1. The second-order valence-electron chi connectivity index (χ2n) is 17.4. The molecule has 0 heterocycles. The summed E-state index contributed by atoms with van der Waals surface area (Å²) in [5, 5.41) is 0. The SMILES string of the molecule is CC1(C)c2cc(/C=C/C3=CC=C4c5ccc(N(C6=CCCC=C6)c6ccccc6)cc5C(C)(C)C4C3)ccc2-c2ccc(N(c3ccccc3)c3ccccc3)cc21. The number of hydrogen-bond acceptors (Lipinski definition) is 2. The van der Waals surface area contributed by atoms with Crippen LogP contribution in [-0.2, 0) is 10.8 Å². The Morgan fingerprint density at radius 2 is 1.09 bits per heavy atom. The van der Waals surface area contributed by atoms with Gasteiger partial charge < -0.3 is 9.80 Å².